The maximum absolute atomic E-state index is 6.41. The Labute approximate surface area is 123 Å². The number of rotatable bonds is 3. The van der Waals surface area contributed by atoms with Crippen LogP contribution in [0.25, 0.3) is 0 Å². The molecule has 0 amide bonds. The Kier molecular flexibility index (Phi) is 3.87. The first-order valence-corrected chi connectivity index (χ1v) is 10.1. The molecule has 0 bridgehead atoms. The van der Waals surface area contributed by atoms with Gasteiger partial charge in [-0.3, -0.25) is 10.0 Å². The van der Waals surface area contributed by atoms with Crippen LogP contribution in [0.5, 0.6) is 0 Å². The van der Waals surface area contributed by atoms with Gasteiger partial charge in [-0.15, -0.1) is 0 Å². The fourth-order valence-corrected chi connectivity index (χ4v) is 2.98. The summed E-state index contributed by atoms with van der Waals surface area (Å²) >= 11 is 0. The van der Waals surface area contributed by atoms with Crippen LogP contribution in [0, 0.1) is 0 Å². The molecule has 0 unspecified atom stereocenters. The second-order valence-electron chi connectivity index (χ2n) is 6.85. The lowest BCUT2D eigenvalue weighted by molar-refractivity contribution is 0.242. The fraction of sp³-hybridized carbons (Fsp3) is 0.500. The Bertz CT molecular complexity index is 491. The van der Waals surface area contributed by atoms with Gasteiger partial charge in [0.05, 0.1) is 12.2 Å². The molecule has 0 radical (unpaired) electrons. The number of anilines is 1. The molecular weight excluding hydrogens is 264 g/mol. The minimum atomic E-state index is -1.78. The Morgan fingerprint density at radius 3 is 2.25 bits per heavy atom. The van der Waals surface area contributed by atoms with Crippen LogP contribution in [0.4, 0.5) is 5.69 Å². The summed E-state index contributed by atoms with van der Waals surface area (Å²) in [5.74, 6) is 0.987. The SMILES string of the molecule is CN1C(O[Si](C)(C)C(C)(C)C)=CCN1c1ccccc1. The summed E-state index contributed by atoms with van der Waals surface area (Å²) in [6.45, 7) is 12.2. The molecule has 0 aliphatic carbocycles. The van der Waals surface area contributed by atoms with Crippen molar-refractivity contribution >= 4 is 14.0 Å². The smallest absolute Gasteiger partial charge is 0.252 e. The van der Waals surface area contributed by atoms with Crippen LogP contribution in [0.15, 0.2) is 42.3 Å². The quantitative estimate of drug-likeness (QED) is 0.775. The van der Waals surface area contributed by atoms with Gasteiger partial charge >= 0.3 is 0 Å². The van der Waals surface area contributed by atoms with Gasteiger partial charge in [-0.1, -0.05) is 39.0 Å². The Morgan fingerprint density at radius 1 is 1.10 bits per heavy atom. The molecule has 4 heteroatoms. The molecule has 0 N–H and O–H groups in total. The van der Waals surface area contributed by atoms with E-state index >= 15 is 0 Å². The molecule has 0 aromatic heterocycles. The van der Waals surface area contributed by atoms with E-state index in [4.69, 9.17) is 4.43 Å². The molecule has 3 nitrogen and oxygen atoms in total. The van der Waals surface area contributed by atoms with Gasteiger partial charge in [0, 0.05) is 7.05 Å². The van der Waals surface area contributed by atoms with Crippen molar-refractivity contribution < 1.29 is 4.43 Å². The third kappa shape index (κ3) is 2.85. The van der Waals surface area contributed by atoms with Crippen molar-refractivity contribution in [1.29, 1.82) is 0 Å². The minimum Gasteiger partial charge on any atom is -0.531 e. The number of hydrazine groups is 1. The number of hydrogen-bond acceptors (Lipinski definition) is 3. The van der Waals surface area contributed by atoms with Crippen LogP contribution >= 0.6 is 0 Å². The molecule has 0 saturated carbocycles. The average molecular weight is 290 g/mol. The predicted octanol–water partition coefficient (Wildman–Crippen LogP) is 4.22. The second-order valence-corrected chi connectivity index (χ2v) is 11.6. The van der Waals surface area contributed by atoms with Gasteiger partial charge in [0.1, 0.15) is 0 Å². The lowest BCUT2D eigenvalue weighted by atomic mass is 10.2. The number of para-hydroxylation sites is 1. The zero-order valence-corrected chi connectivity index (χ0v) is 14.5. The van der Waals surface area contributed by atoms with E-state index in [-0.39, 0.29) is 5.04 Å². The molecule has 1 aromatic rings. The summed E-state index contributed by atoms with van der Waals surface area (Å²) < 4.78 is 6.41. The lowest BCUT2D eigenvalue weighted by Crippen LogP contribution is -2.44. The van der Waals surface area contributed by atoms with E-state index in [2.05, 4.69) is 81.3 Å². The summed E-state index contributed by atoms with van der Waals surface area (Å²) in [7, 11) is 0.290. The van der Waals surface area contributed by atoms with Gasteiger partial charge in [0.2, 0.25) is 0 Å². The van der Waals surface area contributed by atoms with E-state index in [1.807, 2.05) is 6.07 Å². The maximum Gasteiger partial charge on any atom is 0.252 e. The molecule has 1 aromatic carbocycles. The highest BCUT2D eigenvalue weighted by Gasteiger charge is 2.41. The van der Waals surface area contributed by atoms with Gasteiger partial charge in [0.25, 0.3) is 8.32 Å². The Balaban J connectivity index is 2.10. The number of nitrogens with zero attached hydrogens (tertiary/aromatic N) is 2. The van der Waals surface area contributed by atoms with Crippen LogP contribution in [-0.4, -0.2) is 26.9 Å². The van der Waals surface area contributed by atoms with Crippen molar-refractivity contribution in [2.45, 2.75) is 38.9 Å². The zero-order chi connectivity index (χ0) is 15.0. The number of hydrogen-bond donors (Lipinski definition) is 0. The Hall–Kier alpha value is -1.42. The highest BCUT2D eigenvalue weighted by molar-refractivity contribution is 6.74. The van der Waals surface area contributed by atoms with Gasteiger partial charge < -0.3 is 4.43 Å². The first kappa shape index (κ1) is 15.0. The second kappa shape index (κ2) is 5.17. The van der Waals surface area contributed by atoms with E-state index in [0.717, 1.165) is 12.4 Å². The van der Waals surface area contributed by atoms with E-state index in [0.29, 0.717) is 0 Å². The van der Waals surface area contributed by atoms with Crippen LogP contribution in [0.3, 0.4) is 0 Å². The highest BCUT2D eigenvalue weighted by Crippen LogP contribution is 2.39. The van der Waals surface area contributed by atoms with Crippen molar-refractivity contribution in [3.05, 3.63) is 42.3 Å². The third-order valence-electron chi connectivity index (χ3n) is 4.34. The lowest BCUT2D eigenvalue weighted by Gasteiger charge is -2.39. The average Bonchev–Trinajstić information content (AvgIpc) is 2.70. The van der Waals surface area contributed by atoms with Gasteiger partial charge in [-0.05, 0) is 36.3 Å². The highest BCUT2D eigenvalue weighted by atomic mass is 28.4. The Morgan fingerprint density at radius 2 is 1.70 bits per heavy atom. The standard InChI is InChI=1S/C16H26N2OSi/c1-16(2,3)20(5,6)19-15-12-13-18(17(15)4)14-10-8-7-9-11-14/h7-12H,13H2,1-6H3. The molecule has 1 aliphatic heterocycles. The molecule has 1 heterocycles. The van der Waals surface area contributed by atoms with Gasteiger partial charge in [0.15, 0.2) is 5.88 Å². The molecule has 0 saturated heterocycles. The summed E-state index contributed by atoms with van der Waals surface area (Å²) in [6, 6.07) is 10.4. The van der Waals surface area contributed by atoms with Crippen molar-refractivity contribution in [2.24, 2.45) is 0 Å². The van der Waals surface area contributed by atoms with Crippen LogP contribution < -0.4 is 5.01 Å². The van der Waals surface area contributed by atoms with Crippen LogP contribution in [-0.2, 0) is 4.43 Å². The molecule has 1 aliphatic rings. The monoisotopic (exact) mass is 290 g/mol. The minimum absolute atomic E-state index is 0.217. The van der Waals surface area contributed by atoms with E-state index in [1.54, 1.807) is 0 Å². The van der Waals surface area contributed by atoms with Crippen LogP contribution in [0.2, 0.25) is 18.1 Å². The first-order valence-electron chi connectivity index (χ1n) is 7.18. The summed E-state index contributed by atoms with van der Waals surface area (Å²) in [4.78, 5) is 0. The summed E-state index contributed by atoms with van der Waals surface area (Å²) in [6.07, 6.45) is 2.17. The fourth-order valence-electron chi connectivity index (χ4n) is 1.94. The van der Waals surface area contributed by atoms with E-state index < -0.39 is 8.32 Å². The number of benzene rings is 1. The molecule has 0 fully saturated rings. The molecule has 2 rings (SSSR count). The van der Waals surface area contributed by atoms with E-state index in [9.17, 15) is 0 Å². The van der Waals surface area contributed by atoms with Gasteiger partial charge in [-0.2, -0.15) is 0 Å². The molecule has 110 valence electrons. The van der Waals surface area contributed by atoms with Crippen LogP contribution in [0.1, 0.15) is 20.8 Å². The topological polar surface area (TPSA) is 15.7 Å². The van der Waals surface area contributed by atoms with E-state index in [1.165, 1.54) is 5.69 Å². The van der Waals surface area contributed by atoms with Gasteiger partial charge in [-0.25, -0.2) is 0 Å². The normalized spacial score (nSPS) is 16.4. The maximum atomic E-state index is 6.41. The largest absolute Gasteiger partial charge is 0.531 e. The van der Waals surface area contributed by atoms with Crippen molar-refractivity contribution in [3.63, 3.8) is 0 Å². The van der Waals surface area contributed by atoms with Crippen molar-refractivity contribution in [2.75, 3.05) is 18.6 Å². The molecule has 0 atom stereocenters. The predicted molar refractivity (Wildman–Crippen MR) is 87.9 cm³/mol. The zero-order valence-electron chi connectivity index (χ0n) is 13.5. The molecule has 20 heavy (non-hydrogen) atoms. The van der Waals surface area contributed by atoms with Crippen molar-refractivity contribution in [3.8, 4) is 0 Å². The third-order valence-corrected chi connectivity index (χ3v) is 8.67. The summed E-state index contributed by atoms with van der Waals surface area (Å²) in [5, 5.41) is 4.56. The molecular formula is C16H26N2OSi. The van der Waals surface area contributed by atoms with Crippen molar-refractivity contribution in [1.82, 2.24) is 5.01 Å². The molecule has 0 spiro atoms. The first-order chi connectivity index (χ1) is 9.22. The summed E-state index contributed by atoms with van der Waals surface area (Å²) in [5.41, 5.74) is 1.19.